The Morgan fingerprint density at radius 2 is 1.95 bits per heavy atom. The van der Waals surface area contributed by atoms with Crippen molar-refractivity contribution in [3.8, 4) is 6.07 Å². The summed E-state index contributed by atoms with van der Waals surface area (Å²) in [6, 6.07) is 10.4. The highest BCUT2D eigenvalue weighted by Crippen LogP contribution is 2.23. The van der Waals surface area contributed by atoms with Crippen LogP contribution in [0.3, 0.4) is 0 Å². The van der Waals surface area contributed by atoms with Gasteiger partial charge >= 0.3 is 0 Å². The van der Waals surface area contributed by atoms with E-state index in [0.29, 0.717) is 13.0 Å². The minimum atomic E-state index is 0.113. The summed E-state index contributed by atoms with van der Waals surface area (Å²) in [6.07, 6.45) is 1.49. The standard InChI is InChI=1S/C16H25N3O/c1-16(2,9-4-10-17)13-18-14-5-7-15(8-6-14)19(3)11-12-20/h5-8,18,20H,4,9,11-13H2,1-3H3. The van der Waals surface area contributed by atoms with E-state index in [1.54, 1.807) is 0 Å². The molecule has 0 atom stereocenters. The van der Waals surface area contributed by atoms with E-state index in [0.717, 1.165) is 24.3 Å². The molecule has 4 heteroatoms. The summed E-state index contributed by atoms with van der Waals surface area (Å²) in [4.78, 5) is 2.01. The first-order chi connectivity index (χ1) is 9.48. The van der Waals surface area contributed by atoms with E-state index in [4.69, 9.17) is 10.4 Å². The van der Waals surface area contributed by atoms with Crippen LogP contribution in [0.4, 0.5) is 11.4 Å². The number of nitrogens with zero attached hydrogens (tertiary/aromatic N) is 2. The van der Waals surface area contributed by atoms with E-state index in [1.165, 1.54) is 0 Å². The van der Waals surface area contributed by atoms with Gasteiger partial charge in [-0.15, -0.1) is 0 Å². The highest BCUT2D eigenvalue weighted by atomic mass is 16.3. The molecule has 0 aliphatic rings. The van der Waals surface area contributed by atoms with Gasteiger partial charge in [0.25, 0.3) is 0 Å². The van der Waals surface area contributed by atoms with Crippen LogP contribution in [0.15, 0.2) is 24.3 Å². The maximum Gasteiger partial charge on any atom is 0.0621 e. The molecule has 0 saturated heterocycles. The molecule has 0 unspecified atom stereocenters. The number of likely N-dealkylation sites (N-methyl/N-ethyl adjacent to an activating group) is 1. The molecule has 0 heterocycles. The molecule has 0 bridgehead atoms. The summed E-state index contributed by atoms with van der Waals surface area (Å²) < 4.78 is 0. The number of hydrogen-bond donors (Lipinski definition) is 2. The van der Waals surface area contributed by atoms with E-state index in [9.17, 15) is 0 Å². The fourth-order valence-electron chi connectivity index (χ4n) is 1.94. The number of nitriles is 1. The molecule has 20 heavy (non-hydrogen) atoms. The van der Waals surface area contributed by atoms with E-state index in [-0.39, 0.29) is 12.0 Å². The van der Waals surface area contributed by atoms with Crippen molar-refractivity contribution < 1.29 is 5.11 Å². The quantitative estimate of drug-likeness (QED) is 0.766. The zero-order chi connectivity index (χ0) is 15.0. The first-order valence-corrected chi connectivity index (χ1v) is 7.01. The Kier molecular flexibility index (Phi) is 6.33. The minimum absolute atomic E-state index is 0.113. The van der Waals surface area contributed by atoms with Crippen molar-refractivity contribution in [1.29, 1.82) is 5.26 Å². The molecule has 0 spiro atoms. The summed E-state index contributed by atoms with van der Waals surface area (Å²) in [7, 11) is 1.96. The van der Waals surface area contributed by atoms with Gasteiger partial charge < -0.3 is 15.3 Å². The number of anilines is 2. The monoisotopic (exact) mass is 275 g/mol. The van der Waals surface area contributed by atoms with Crippen molar-refractivity contribution in [1.82, 2.24) is 0 Å². The molecule has 4 nitrogen and oxygen atoms in total. The molecular weight excluding hydrogens is 250 g/mol. The number of nitrogens with one attached hydrogen (secondary N) is 1. The molecule has 1 aromatic carbocycles. The second-order valence-corrected chi connectivity index (χ2v) is 5.87. The topological polar surface area (TPSA) is 59.3 Å². The second kappa shape index (κ2) is 7.76. The van der Waals surface area contributed by atoms with Crippen LogP contribution in [0.5, 0.6) is 0 Å². The third kappa shape index (κ3) is 5.50. The second-order valence-electron chi connectivity index (χ2n) is 5.87. The van der Waals surface area contributed by atoms with E-state index < -0.39 is 0 Å². The molecule has 0 amide bonds. The van der Waals surface area contributed by atoms with Gasteiger partial charge in [0.05, 0.1) is 12.7 Å². The Morgan fingerprint density at radius 3 is 2.50 bits per heavy atom. The Morgan fingerprint density at radius 1 is 1.30 bits per heavy atom. The fourth-order valence-corrected chi connectivity index (χ4v) is 1.94. The smallest absolute Gasteiger partial charge is 0.0621 e. The normalized spacial score (nSPS) is 10.9. The lowest BCUT2D eigenvalue weighted by Gasteiger charge is -2.25. The minimum Gasteiger partial charge on any atom is -0.395 e. The molecule has 0 aliphatic heterocycles. The number of aliphatic hydroxyl groups is 1. The summed E-state index contributed by atoms with van der Waals surface area (Å²) in [6.45, 7) is 5.97. The maximum absolute atomic E-state index is 8.92. The van der Waals surface area contributed by atoms with Crippen LogP contribution in [-0.4, -0.2) is 31.9 Å². The Balaban J connectivity index is 2.51. The molecule has 0 aromatic heterocycles. The third-order valence-electron chi connectivity index (χ3n) is 3.43. The average Bonchev–Trinajstić information content (AvgIpc) is 2.44. The maximum atomic E-state index is 8.92. The van der Waals surface area contributed by atoms with Gasteiger partial charge in [-0.3, -0.25) is 0 Å². The number of benzene rings is 1. The van der Waals surface area contributed by atoms with Gasteiger partial charge in [0, 0.05) is 37.9 Å². The van der Waals surface area contributed by atoms with Crippen molar-refractivity contribution in [3.63, 3.8) is 0 Å². The van der Waals surface area contributed by atoms with Gasteiger partial charge in [0.1, 0.15) is 0 Å². The lowest BCUT2D eigenvalue weighted by molar-refractivity contribution is 0.304. The van der Waals surface area contributed by atoms with Gasteiger partial charge in [-0.25, -0.2) is 0 Å². The van der Waals surface area contributed by atoms with E-state index >= 15 is 0 Å². The van der Waals surface area contributed by atoms with Crippen LogP contribution < -0.4 is 10.2 Å². The van der Waals surface area contributed by atoms with Crippen LogP contribution in [0.2, 0.25) is 0 Å². The fraction of sp³-hybridized carbons (Fsp3) is 0.562. The van der Waals surface area contributed by atoms with E-state index in [2.05, 4.69) is 25.2 Å². The molecule has 2 N–H and O–H groups in total. The zero-order valence-electron chi connectivity index (χ0n) is 12.7. The van der Waals surface area contributed by atoms with Crippen molar-refractivity contribution in [2.24, 2.45) is 5.41 Å². The molecule has 0 saturated carbocycles. The van der Waals surface area contributed by atoms with Gasteiger partial charge in [0.2, 0.25) is 0 Å². The molecule has 0 radical (unpaired) electrons. The molecule has 1 aromatic rings. The highest BCUT2D eigenvalue weighted by molar-refractivity contribution is 5.54. The van der Waals surface area contributed by atoms with E-state index in [1.807, 2.05) is 36.2 Å². The van der Waals surface area contributed by atoms with Crippen molar-refractivity contribution >= 4 is 11.4 Å². The van der Waals surface area contributed by atoms with Gasteiger partial charge in [-0.05, 0) is 36.1 Å². The largest absolute Gasteiger partial charge is 0.395 e. The molecule has 110 valence electrons. The lowest BCUT2D eigenvalue weighted by atomic mass is 9.88. The van der Waals surface area contributed by atoms with Crippen molar-refractivity contribution in [2.45, 2.75) is 26.7 Å². The van der Waals surface area contributed by atoms with Gasteiger partial charge in [-0.2, -0.15) is 5.26 Å². The number of hydrogen-bond acceptors (Lipinski definition) is 4. The van der Waals surface area contributed by atoms with Crippen LogP contribution in [0.25, 0.3) is 0 Å². The first kappa shape index (κ1) is 16.3. The summed E-state index contributed by atoms with van der Waals surface area (Å²) in [5, 5.41) is 21.0. The van der Waals surface area contributed by atoms with Crippen molar-refractivity contribution in [3.05, 3.63) is 24.3 Å². The predicted molar refractivity (Wildman–Crippen MR) is 83.9 cm³/mol. The Bertz CT molecular complexity index is 434. The SMILES string of the molecule is CN(CCO)c1ccc(NCC(C)(C)CCC#N)cc1. The molecular formula is C16H25N3O. The van der Waals surface area contributed by atoms with Gasteiger partial charge in [0.15, 0.2) is 0 Å². The molecule has 0 aliphatic carbocycles. The number of rotatable bonds is 8. The lowest BCUT2D eigenvalue weighted by Crippen LogP contribution is -2.23. The van der Waals surface area contributed by atoms with Crippen LogP contribution >= 0.6 is 0 Å². The Hall–Kier alpha value is -1.73. The predicted octanol–water partition coefficient (Wildman–Crippen LogP) is 2.86. The zero-order valence-corrected chi connectivity index (χ0v) is 12.7. The molecule has 0 fully saturated rings. The summed E-state index contributed by atoms with van der Waals surface area (Å²) >= 11 is 0. The van der Waals surface area contributed by atoms with Crippen LogP contribution in [0.1, 0.15) is 26.7 Å². The number of aliphatic hydroxyl groups excluding tert-OH is 1. The van der Waals surface area contributed by atoms with Gasteiger partial charge in [-0.1, -0.05) is 13.8 Å². The average molecular weight is 275 g/mol. The summed E-state index contributed by atoms with van der Waals surface area (Å²) in [5.41, 5.74) is 2.28. The Labute approximate surface area is 122 Å². The van der Waals surface area contributed by atoms with Crippen LogP contribution in [-0.2, 0) is 0 Å². The highest BCUT2D eigenvalue weighted by Gasteiger charge is 2.16. The summed E-state index contributed by atoms with van der Waals surface area (Å²) in [5.74, 6) is 0. The first-order valence-electron chi connectivity index (χ1n) is 7.01. The van der Waals surface area contributed by atoms with Crippen molar-refractivity contribution in [2.75, 3.05) is 37.0 Å². The molecule has 1 rings (SSSR count). The third-order valence-corrected chi connectivity index (χ3v) is 3.43. The van der Waals surface area contributed by atoms with Crippen LogP contribution in [0, 0.1) is 16.7 Å².